The highest BCUT2D eigenvalue weighted by Crippen LogP contribution is 2.31. The quantitative estimate of drug-likeness (QED) is 0.708. The Labute approximate surface area is 177 Å². The summed E-state index contributed by atoms with van der Waals surface area (Å²) in [5.41, 5.74) is 2.02. The average Bonchev–Trinajstić information content (AvgIpc) is 3.03. The van der Waals surface area contributed by atoms with E-state index in [9.17, 15) is 4.79 Å². The SMILES string of the molecule is CCOc1ccccc1N1CCN(C(=O)/C=C/c2ccc3c(c2)OCCCO3)CC1. The van der Waals surface area contributed by atoms with Crippen molar-refractivity contribution in [2.45, 2.75) is 13.3 Å². The second kappa shape index (κ2) is 9.57. The number of benzene rings is 2. The summed E-state index contributed by atoms with van der Waals surface area (Å²) in [7, 11) is 0. The first-order valence-electron chi connectivity index (χ1n) is 10.6. The Hall–Kier alpha value is -3.15. The highest BCUT2D eigenvalue weighted by molar-refractivity contribution is 5.92. The lowest BCUT2D eigenvalue weighted by atomic mass is 10.1. The summed E-state index contributed by atoms with van der Waals surface area (Å²) in [6, 6.07) is 13.8. The Morgan fingerprint density at radius 3 is 2.60 bits per heavy atom. The molecule has 0 radical (unpaired) electrons. The maximum absolute atomic E-state index is 12.7. The zero-order chi connectivity index (χ0) is 20.8. The van der Waals surface area contributed by atoms with Gasteiger partial charge in [0.2, 0.25) is 5.91 Å². The van der Waals surface area contributed by atoms with Crippen molar-refractivity contribution in [3.8, 4) is 17.2 Å². The number of fused-ring (bicyclic) bond motifs is 1. The fourth-order valence-electron chi connectivity index (χ4n) is 3.72. The molecule has 0 saturated carbocycles. The fraction of sp³-hybridized carbons (Fsp3) is 0.375. The van der Waals surface area contributed by atoms with Gasteiger partial charge in [0.15, 0.2) is 11.5 Å². The largest absolute Gasteiger partial charge is 0.492 e. The molecule has 6 heteroatoms. The average molecular weight is 408 g/mol. The molecule has 0 bridgehead atoms. The molecule has 1 saturated heterocycles. The van der Waals surface area contributed by atoms with Crippen molar-refractivity contribution in [3.63, 3.8) is 0 Å². The minimum atomic E-state index is 0.0276. The highest BCUT2D eigenvalue weighted by atomic mass is 16.5. The van der Waals surface area contributed by atoms with Gasteiger partial charge in [0.1, 0.15) is 5.75 Å². The Kier molecular flexibility index (Phi) is 6.42. The minimum Gasteiger partial charge on any atom is -0.492 e. The van der Waals surface area contributed by atoms with Gasteiger partial charge in [-0.1, -0.05) is 18.2 Å². The van der Waals surface area contributed by atoms with Crippen molar-refractivity contribution in [1.29, 1.82) is 0 Å². The summed E-state index contributed by atoms with van der Waals surface area (Å²) in [4.78, 5) is 16.8. The fourth-order valence-corrected chi connectivity index (χ4v) is 3.72. The van der Waals surface area contributed by atoms with E-state index < -0.39 is 0 Å². The summed E-state index contributed by atoms with van der Waals surface area (Å²) < 4.78 is 17.1. The number of anilines is 1. The molecular weight excluding hydrogens is 380 g/mol. The molecule has 2 aliphatic rings. The molecule has 2 heterocycles. The molecule has 2 aliphatic heterocycles. The Morgan fingerprint density at radius 2 is 1.80 bits per heavy atom. The number of carbonyl (C=O) groups excluding carboxylic acids is 1. The van der Waals surface area contributed by atoms with Crippen LogP contribution in [-0.2, 0) is 4.79 Å². The zero-order valence-corrected chi connectivity index (χ0v) is 17.4. The van der Waals surface area contributed by atoms with Crippen LogP contribution in [0.4, 0.5) is 5.69 Å². The van der Waals surface area contributed by atoms with Crippen LogP contribution in [0.5, 0.6) is 17.2 Å². The van der Waals surface area contributed by atoms with Crippen molar-refractivity contribution in [2.75, 3.05) is 50.9 Å². The van der Waals surface area contributed by atoms with Crippen LogP contribution in [0.1, 0.15) is 18.9 Å². The number of ether oxygens (including phenoxy) is 3. The van der Waals surface area contributed by atoms with Gasteiger partial charge in [0, 0.05) is 38.7 Å². The number of piperazine rings is 1. The van der Waals surface area contributed by atoms with Crippen molar-refractivity contribution in [1.82, 2.24) is 4.90 Å². The number of nitrogens with zero attached hydrogens (tertiary/aromatic N) is 2. The van der Waals surface area contributed by atoms with Gasteiger partial charge in [0.05, 0.1) is 25.5 Å². The minimum absolute atomic E-state index is 0.0276. The number of hydrogen-bond acceptors (Lipinski definition) is 5. The molecular formula is C24H28N2O4. The number of carbonyl (C=O) groups is 1. The van der Waals surface area contributed by atoms with Crippen LogP contribution in [0.25, 0.3) is 6.08 Å². The van der Waals surface area contributed by atoms with E-state index in [0.29, 0.717) is 32.9 Å². The van der Waals surface area contributed by atoms with Crippen LogP contribution in [0, 0.1) is 0 Å². The van der Waals surface area contributed by atoms with E-state index >= 15 is 0 Å². The summed E-state index contributed by atoms with van der Waals surface area (Å²) in [5, 5.41) is 0. The summed E-state index contributed by atoms with van der Waals surface area (Å²) in [6.45, 7) is 6.89. The van der Waals surface area contributed by atoms with Crippen molar-refractivity contribution < 1.29 is 19.0 Å². The van der Waals surface area contributed by atoms with Gasteiger partial charge < -0.3 is 24.0 Å². The molecule has 0 aliphatic carbocycles. The first-order valence-corrected chi connectivity index (χ1v) is 10.6. The number of rotatable bonds is 5. The van der Waals surface area contributed by atoms with Gasteiger partial charge >= 0.3 is 0 Å². The third kappa shape index (κ3) is 4.70. The summed E-state index contributed by atoms with van der Waals surface area (Å²) >= 11 is 0. The third-order valence-corrected chi connectivity index (χ3v) is 5.29. The van der Waals surface area contributed by atoms with E-state index in [4.69, 9.17) is 14.2 Å². The normalized spacial score (nSPS) is 16.4. The van der Waals surface area contributed by atoms with Gasteiger partial charge in [0.25, 0.3) is 0 Å². The predicted octanol–water partition coefficient (Wildman–Crippen LogP) is 3.61. The van der Waals surface area contributed by atoms with Crippen LogP contribution < -0.4 is 19.1 Å². The van der Waals surface area contributed by atoms with Gasteiger partial charge in [-0.2, -0.15) is 0 Å². The van der Waals surface area contributed by atoms with Crippen LogP contribution in [0.2, 0.25) is 0 Å². The summed E-state index contributed by atoms with van der Waals surface area (Å²) in [6.07, 6.45) is 4.36. The van der Waals surface area contributed by atoms with Crippen LogP contribution in [0.3, 0.4) is 0 Å². The Morgan fingerprint density at radius 1 is 1.03 bits per heavy atom. The first-order chi connectivity index (χ1) is 14.7. The van der Waals surface area contributed by atoms with E-state index in [1.54, 1.807) is 6.08 Å². The first kappa shape index (κ1) is 20.1. The second-order valence-electron chi connectivity index (χ2n) is 7.30. The van der Waals surface area contributed by atoms with Crippen LogP contribution in [0.15, 0.2) is 48.5 Å². The topological polar surface area (TPSA) is 51.2 Å². The molecule has 1 fully saturated rings. The number of amides is 1. The maximum atomic E-state index is 12.7. The lowest BCUT2D eigenvalue weighted by Crippen LogP contribution is -2.48. The van der Waals surface area contributed by atoms with Crippen molar-refractivity contribution in [2.24, 2.45) is 0 Å². The number of para-hydroxylation sites is 2. The molecule has 30 heavy (non-hydrogen) atoms. The Bertz CT molecular complexity index is 904. The second-order valence-corrected chi connectivity index (χ2v) is 7.30. The Balaban J connectivity index is 1.35. The lowest BCUT2D eigenvalue weighted by molar-refractivity contribution is -0.126. The van der Waals surface area contributed by atoms with Crippen molar-refractivity contribution >= 4 is 17.7 Å². The maximum Gasteiger partial charge on any atom is 0.246 e. The molecule has 0 unspecified atom stereocenters. The molecule has 158 valence electrons. The molecule has 0 N–H and O–H groups in total. The smallest absolute Gasteiger partial charge is 0.246 e. The van der Waals surface area contributed by atoms with E-state index in [1.165, 1.54) is 0 Å². The van der Waals surface area contributed by atoms with Gasteiger partial charge in [-0.25, -0.2) is 0 Å². The molecule has 2 aromatic rings. The monoisotopic (exact) mass is 408 g/mol. The van der Waals surface area contributed by atoms with Gasteiger partial charge in [-0.3, -0.25) is 4.79 Å². The molecule has 0 atom stereocenters. The molecule has 1 amide bonds. The zero-order valence-electron chi connectivity index (χ0n) is 17.4. The van der Waals surface area contributed by atoms with E-state index in [-0.39, 0.29) is 5.91 Å². The van der Waals surface area contributed by atoms with Crippen LogP contribution >= 0.6 is 0 Å². The highest BCUT2D eigenvalue weighted by Gasteiger charge is 2.21. The van der Waals surface area contributed by atoms with E-state index in [1.807, 2.05) is 54.3 Å². The number of hydrogen-bond donors (Lipinski definition) is 0. The van der Waals surface area contributed by atoms with Crippen LogP contribution in [-0.4, -0.2) is 56.8 Å². The third-order valence-electron chi connectivity index (χ3n) is 5.29. The lowest BCUT2D eigenvalue weighted by Gasteiger charge is -2.36. The standard InChI is InChI=1S/C24H28N2O4/c1-2-28-21-7-4-3-6-20(21)25-12-14-26(15-13-25)24(27)11-9-19-8-10-22-23(18-19)30-17-5-16-29-22/h3-4,6-11,18H,2,5,12-17H2,1H3/b11-9+. The van der Waals surface area contributed by atoms with Crippen molar-refractivity contribution in [3.05, 3.63) is 54.1 Å². The predicted molar refractivity (Wildman–Crippen MR) is 117 cm³/mol. The molecule has 4 rings (SSSR count). The van der Waals surface area contributed by atoms with Gasteiger partial charge in [-0.05, 0) is 42.8 Å². The van der Waals surface area contributed by atoms with E-state index in [0.717, 1.165) is 48.0 Å². The molecule has 0 spiro atoms. The van der Waals surface area contributed by atoms with E-state index in [2.05, 4.69) is 11.0 Å². The molecule has 6 nitrogen and oxygen atoms in total. The molecule has 2 aromatic carbocycles. The summed E-state index contributed by atoms with van der Waals surface area (Å²) in [5.74, 6) is 2.43. The van der Waals surface area contributed by atoms with Gasteiger partial charge in [-0.15, -0.1) is 0 Å². The molecule has 0 aromatic heterocycles.